The van der Waals surface area contributed by atoms with E-state index in [-0.39, 0.29) is 5.41 Å². The Hall–Kier alpha value is -3.48. The van der Waals surface area contributed by atoms with E-state index in [1.54, 1.807) is 6.33 Å². The van der Waals surface area contributed by atoms with Crippen molar-refractivity contribution in [2.75, 3.05) is 5.32 Å². The summed E-state index contributed by atoms with van der Waals surface area (Å²) in [6.45, 7) is 7.20. The molecule has 3 heterocycles. The number of benzene rings is 1. The van der Waals surface area contributed by atoms with E-state index >= 15 is 0 Å². The summed E-state index contributed by atoms with van der Waals surface area (Å²) in [5.74, 6) is 1.60. The van der Waals surface area contributed by atoms with Crippen LogP contribution in [0.15, 0.2) is 61.2 Å². The van der Waals surface area contributed by atoms with Gasteiger partial charge in [-0.3, -0.25) is 0 Å². The fourth-order valence-corrected chi connectivity index (χ4v) is 3.24. The summed E-state index contributed by atoms with van der Waals surface area (Å²) >= 11 is 0. The predicted molar refractivity (Wildman–Crippen MR) is 114 cm³/mol. The number of nitrogens with one attached hydrogen (secondary N) is 1. The second-order valence-corrected chi connectivity index (χ2v) is 8.08. The molecule has 7 nitrogen and oxygen atoms in total. The fourth-order valence-electron chi connectivity index (χ4n) is 3.24. The van der Waals surface area contributed by atoms with Crippen LogP contribution in [-0.2, 0) is 19.0 Å². The normalized spacial score (nSPS) is 11.6. The Balaban J connectivity index is 1.55. The molecule has 0 radical (unpaired) electrons. The third-order valence-electron chi connectivity index (χ3n) is 4.71. The standard InChI is InChI=1S/C22H25N7/c1-22(2,3)20-17(14-29(27-20)18-8-6-5-7-9-18)13-24-19-11-10-16(12-23-19)21-26-25-15-28(21)4/h5-12,14-15H,13H2,1-4H3,(H,23,24). The quantitative estimate of drug-likeness (QED) is 0.561. The Kier molecular flexibility index (Phi) is 4.88. The van der Waals surface area contributed by atoms with Gasteiger partial charge in [0.2, 0.25) is 0 Å². The lowest BCUT2D eigenvalue weighted by Gasteiger charge is -2.17. The van der Waals surface area contributed by atoms with Crippen molar-refractivity contribution in [2.24, 2.45) is 7.05 Å². The molecule has 0 amide bonds. The maximum atomic E-state index is 4.86. The molecule has 0 aliphatic heterocycles. The summed E-state index contributed by atoms with van der Waals surface area (Å²) in [5, 5.41) is 16.3. The molecule has 0 atom stereocenters. The number of rotatable bonds is 5. The average Bonchev–Trinajstić information content (AvgIpc) is 3.34. The first-order chi connectivity index (χ1) is 13.9. The Morgan fingerprint density at radius 2 is 1.83 bits per heavy atom. The topological polar surface area (TPSA) is 73.5 Å². The predicted octanol–water partition coefficient (Wildman–Crippen LogP) is 3.97. The number of aromatic nitrogens is 6. The summed E-state index contributed by atoms with van der Waals surface area (Å²) in [6, 6.07) is 14.1. The molecule has 0 saturated carbocycles. The minimum absolute atomic E-state index is 0.0560. The zero-order chi connectivity index (χ0) is 20.4. The van der Waals surface area contributed by atoms with E-state index in [0.717, 1.165) is 34.2 Å². The molecule has 1 N–H and O–H groups in total. The lowest BCUT2D eigenvalue weighted by atomic mass is 9.89. The van der Waals surface area contributed by atoms with E-state index in [2.05, 4.69) is 59.6 Å². The van der Waals surface area contributed by atoms with Crippen LogP contribution >= 0.6 is 0 Å². The molecule has 0 aliphatic rings. The third kappa shape index (κ3) is 4.03. The summed E-state index contributed by atoms with van der Waals surface area (Å²) in [4.78, 5) is 4.53. The van der Waals surface area contributed by atoms with Crippen molar-refractivity contribution < 1.29 is 0 Å². The highest BCUT2D eigenvalue weighted by atomic mass is 15.3. The van der Waals surface area contributed by atoms with E-state index in [1.165, 1.54) is 0 Å². The largest absolute Gasteiger partial charge is 0.366 e. The molecule has 0 bridgehead atoms. The number of hydrogen-bond donors (Lipinski definition) is 1. The van der Waals surface area contributed by atoms with E-state index in [0.29, 0.717) is 6.54 Å². The van der Waals surface area contributed by atoms with Crippen molar-refractivity contribution in [3.05, 3.63) is 72.4 Å². The summed E-state index contributed by atoms with van der Waals surface area (Å²) in [7, 11) is 1.92. The van der Waals surface area contributed by atoms with Crippen molar-refractivity contribution in [3.8, 4) is 17.1 Å². The van der Waals surface area contributed by atoms with Gasteiger partial charge in [0, 0.05) is 42.5 Å². The zero-order valence-electron chi connectivity index (χ0n) is 17.2. The molecule has 29 heavy (non-hydrogen) atoms. The lowest BCUT2D eigenvalue weighted by Crippen LogP contribution is -2.16. The Bertz CT molecular complexity index is 1090. The van der Waals surface area contributed by atoms with Crippen LogP contribution in [0.25, 0.3) is 17.1 Å². The molecule has 4 rings (SSSR count). The second kappa shape index (κ2) is 7.50. The number of nitrogens with zero attached hydrogens (tertiary/aromatic N) is 6. The molecule has 0 fully saturated rings. The van der Waals surface area contributed by atoms with Gasteiger partial charge >= 0.3 is 0 Å². The van der Waals surface area contributed by atoms with E-state index in [9.17, 15) is 0 Å². The molecule has 148 valence electrons. The maximum Gasteiger partial charge on any atom is 0.165 e. The minimum atomic E-state index is -0.0560. The molecule has 7 heteroatoms. The van der Waals surface area contributed by atoms with Crippen LogP contribution in [0.4, 0.5) is 5.82 Å². The summed E-state index contributed by atoms with van der Waals surface area (Å²) in [6.07, 6.45) is 5.58. The summed E-state index contributed by atoms with van der Waals surface area (Å²) in [5.41, 5.74) is 4.16. The van der Waals surface area contributed by atoms with Gasteiger partial charge < -0.3 is 9.88 Å². The van der Waals surface area contributed by atoms with Gasteiger partial charge in [-0.05, 0) is 24.3 Å². The number of pyridine rings is 1. The van der Waals surface area contributed by atoms with Gasteiger partial charge in [0.15, 0.2) is 5.82 Å². The molecule has 4 aromatic rings. The van der Waals surface area contributed by atoms with Gasteiger partial charge in [-0.2, -0.15) is 5.10 Å². The smallest absolute Gasteiger partial charge is 0.165 e. The first-order valence-corrected chi connectivity index (χ1v) is 9.60. The molecule has 1 aromatic carbocycles. The van der Waals surface area contributed by atoms with Crippen LogP contribution in [0.5, 0.6) is 0 Å². The zero-order valence-corrected chi connectivity index (χ0v) is 17.2. The van der Waals surface area contributed by atoms with Crippen molar-refractivity contribution in [3.63, 3.8) is 0 Å². The van der Waals surface area contributed by atoms with Gasteiger partial charge in [0.05, 0.1) is 11.4 Å². The molecule has 0 saturated heterocycles. The third-order valence-corrected chi connectivity index (χ3v) is 4.71. The monoisotopic (exact) mass is 387 g/mol. The Morgan fingerprint density at radius 1 is 1.03 bits per heavy atom. The highest BCUT2D eigenvalue weighted by molar-refractivity contribution is 5.56. The molecule has 0 unspecified atom stereocenters. The molecule has 3 aromatic heterocycles. The number of aryl methyl sites for hydroxylation is 1. The van der Waals surface area contributed by atoms with Crippen molar-refractivity contribution in [1.29, 1.82) is 0 Å². The van der Waals surface area contributed by atoms with Gasteiger partial charge in [-0.15, -0.1) is 10.2 Å². The second-order valence-electron chi connectivity index (χ2n) is 8.08. The first-order valence-electron chi connectivity index (χ1n) is 9.60. The van der Waals surface area contributed by atoms with Gasteiger partial charge in [-0.1, -0.05) is 39.0 Å². The number of hydrogen-bond acceptors (Lipinski definition) is 5. The van der Waals surface area contributed by atoms with Crippen molar-refractivity contribution in [1.82, 2.24) is 29.5 Å². The van der Waals surface area contributed by atoms with Crippen LogP contribution < -0.4 is 5.32 Å². The molecular weight excluding hydrogens is 362 g/mol. The number of anilines is 1. The van der Waals surface area contributed by atoms with Crippen molar-refractivity contribution >= 4 is 5.82 Å². The number of para-hydroxylation sites is 1. The van der Waals surface area contributed by atoms with Gasteiger partial charge in [0.1, 0.15) is 12.1 Å². The maximum absolute atomic E-state index is 4.86. The van der Waals surface area contributed by atoms with E-state index in [1.807, 2.05) is 52.8 Å². The molecule has 0 aliphatic carbocycles. The summed E-state index contributed by atoms with van der Waals surface area (Å²) < 4.78 is 3.82. The highest BCUT2D eigenvalue weighted by Crippen LogP contribution is 2.26. The molecule has 0 spiro atoms. The van der Waals surface area contributed by atoms with Crippen LogP contribution in [0.1, 0.15) is 32.0 Å². The van der Waals surface area contributed by atoms with E-state index < -0.39 is 0 Å². The van der Waals surface area contributed by atoms with Crippen LogP contribution in [0.2, 0.25) is 0 Å². The van der Waals surface area contributed by atoms with Gasteiger partial charge in [0.25, 0.3) is 0 Å². The first kappa shape index (κ1) is 18.9. The van der Waals surface area contributed by atoms with Crippen LogP contribution in [0, 0.1) is 0 Å². The van der Waals surface area contributed by atoms with Gasteiger partial charge in [-0.25, -0.2) is 9.67 Å². The highest BCUT2D eigenvalue weighted by Gasteiger charge is 2.22. The van der Waals surface area contributed by atoms with Crippen LogP contribution in [0.3, 0.4) is 0 Å². The fraction of sp³-hybridized carbons (Fsp3) is 0.273. The molecular formula is C22H25N7. The van der Waals surface area contributed by atoms with E-state index in [4.69, 9.17) is 5.10 Å². The van der Waals surface area contributed by atoms with Crippen molar-refractivity contribution in [2.45, 2.75) is 32.7 Å². The Labute approximate surface area is 170 Å². The average molecular weight is 387 g/mol. The lowest BCUT2D eigenvalue weighted by molar-refractivity contribution is 0.555. The minimum Gasteiger partial charge on any atom is -0.366 e. The SMILES string of the molecule is Cn1cnnc1-c1ccc(NCc2cn(-c3ccccc3)nc2C(C)(C)C)nc1. The van der Waals surface area contributed by atoms with Crippen LogP contribution in [-0.4, -0.2) is 29.5 Å². The Morgan fingerprint density at radius 3 is 2.45 bits per heavy atom.